The molecular weight excluding hydrogens is 204 g/mol. The van der Waals surface area contributed by atoms with Crippen molar-refractivity contribution in [2.45, 2.75) is 12.5 Å². The lowest BCUT2D eigenvalue weighted by molar-refractivity contribution is 0.263. The summed E-state index contributed by atoms with van der Waals surface area (Å²) in [6.07, 6.45) is -0.0435. The van der Waals surface area contributed by atoms with Crippen molar-refractivity contribution >= 4 is 0 Å². The smallest absolute Gasteiger partial charge is 0.133 e. The Morgan fingerprint density at radius 3 is 2.33 bits per heavy atom. The lowest BCUT2D eigenvalue weighted by Crippen LogP contribution is -2.27. The first-order valence-electron chi connectivity index (χ1n) is 4.46. The highest BCUT2D eigenvalue weighted by atomic mass is 19.1. The van der Waals surface area contributed by atoms with Gasteiger partial charge in [-0.15, -0.1) is 0 Å². The van der Waals surface area contributed by atoms with Gasteiger partial charge < -0.3 is 15.6 Å². The van der Waals surface area contributed by atoms with E-state index in [-0.39, 0.29) is 24.3 Å². The van der Waals surface area contributed by atoms with Gasteiger partial charge in [0.15, 0.2) is 0 Å². The summed E-state index contributed by atoms with van der Waals surface area (Å²) in [5, 5.41) is 8.68. The Balaban J connectivity index is 2.98. The van der Waals surface area contributed by atoms with E-state index < -0.39 is 17.7 Å². The highest BCUT2D eigenvalue weighted by molar-refractivity contribution is 5.31. The van der Waals surface area contributed by atoms with E-state index in [1.165, 1.54) is 7.11 Å². The van der Waals surface area contributed by atoms with Gasteiger partial charge in [-0.3, -0.25) is 0 Å². The van der Waals surface area contributed by atoms with E-state index >= 15 is 0 Å². The van der Waals surface area contributed by atoms with Gasteiger partial charge in [-0.05, 0) is 6.42 Å². The minimum absolute atomic E-state index is 0.0435. The number of ether oxygens (including phenoxy) is 1. The van der Waals surface area contributed by atoms with E-state index in [1.807, 2.05) is 0 Å². The number of hydrogen-bond acceptors (Lipinski definition) is 3. The van der Waals surface area contributed by atoms with Crippen molar-refractivity contribution in [2.24, 2.45) is 5.73 Å². The molecule has 3 N–H and O–H groups in total. The van der Waals surface area contributed by atoms with Gasteiger partial charge in [0.2, 0.25) is 0 Å². The van der Waals surface area contributed by atoms with Crippen LogP contribution >= 0.6 is 0 Å². The third-order valence-electron chi connectivity index (χ3n) is 2.05. The largest absolute Gasteiger partial charge is 0.497 e. The zero-order valence-electron chi connectivity index (χ0n) is 8.34. The molecule has 5 heteroatoms. The predicted octanol–water partition coefficient (Wildman–Crippen LogP) is 0.836. The first kappa shape index (κ1) is 11.9. The van der Waals surface area contributed by atoms with Crippen LogP contribution in [0.25, 0.3) is 0 Å². The van der Waals surface area contributed by atoms with Crippen molar-refractivity contribution in [1.29, 1.82) is 0 Å². The zero-order chi connectivity index (χ0) is 11.4. The van der Waals surface area contributed by atoms with Crippen LogP contribution in [0, 0.1) is 11.6 Å². The Hall–Kier alpha value is -1.20. The summed E-state index contributed by atoms with van der Waals surface area (Å²) in [5.74, 6) is -1.31. The fourth-order valence-corrected chi connectivity index (χ4v) is 1.22. The standard InChI is InChI=1S/C10H13F2NO2/c1-15-7-3-9(11)8(10(12)4-7)2-6(13)5-14/h3-4,6,14H,2,5,13H2,1H3. The number of halogens is 2. The van der Waals surface area contributed by atoms with Gasteiger partial charge in [0.1, 0.15) is 17.4 Å². The average molecular weight is 217 g/mol. The summed E-state index contributed by atoms with van der Waals surface area (Å²) in [7, 11) is 1.33. The molecule has 1 aromatic rings. The van der Waals surface area contributed by atoms with E-state index in [1.54, 1.807) is 0 Å². The first-order valence-corrected chi connectivity index (χ1v) is 4.46. The van der Waals surface area contributed by atoms with Crippen LogP contribution < -0.4 is 10.5 Å². The number of aliphatic hydroxyl groups is 1. The Morgan fingerprint density at radius 1 is 1.40 bits per heavy atom. The molecule has 15 heavy (non-hydrogen) atoms. The van der Waals surface area contributed by atoms with E-state index in [0.29, 0.717) is 0 Å². The van der Waals surface area contributed by atoms with E-state index in [0.717, 1.165) is 12.1 Å². The molecule has 0 radical (unpaired) electrons. The van der Waals surface area contributed by atoms with Gasteiger partial charge in [0.05, 0.1) is 13.7 Å². The first-order chi connectivity index (χ1) is 7.08. The molecule has 0 saturated carbocycles. The van der Waals surface area contributed by atoms with Crippen LogP contribution in [0.3, 0.4) is 0 Å². The number of rotatable bonds is 4. The molecule has 1 rings (SSSR count). The van der Waals surface area contributed by atoms with Crippen molar-refractivity contribution in [3.8, 4) is 5.75 Å². The van der Waals surface area contributed by atoms with Crippen molar-refractivity contribution < 1.29 is 18.6 Å². The van der Waals surface area contributed by atoms with Crippen molar-refractivity contribution in [3.63, 3.8) is 0 Å². The number of methoxy groups -OCH3 is 1. The normalized spacial score (nSPS) is 12.6. The fourth-order valence-electron chi connectivity index (χ4n) is 1.22. The fraction of sp³-hybridized carbons (Fsp3) is 0.400. The van der Waals surface area contributed by atoms with Crippen molar-refractivity contribution in [3.05, 3.63) is 29.3 Å². The molecule has 0 heterocycles. The lowest BCUT2D eigenvalue weighted by atomic mass is 10.1. The topological polar surface area (TPSA) is 55.5 Å². The van der Waals surface area contributed by atoms with Crippen LogP contribution in [-0.4, -0.2) is 24.9 Å². The average Bonchev–Trinajstić information content (AvgIpc) is 2.22. The van der Waals surface area contributed by atoms with Crippen LogP contribution in [0.2, 0.25) is 0 Å². The molecule has 1 aromatic carbocycles. The van der Waals surface area contributed by atoms with Gasteiger partial charge in [-0.1, -0.05) is 0 Å². The molecule has 0 bridgehead atoms. The summed E-state index contributed by atoms with van der Waals surface area (Å²) < 4.78 is 31.4. The maximum atomic E-state index is 13.3. The molecule has 3 nitrogen and oxygen atoms in total. The second-order valence-corrected chi connectivity index (χ2v) is 3.22. The van der Waals surface area contributed by atoms with Gasteiger partial charge in [-0.2, -0.15) is 0 Å². The molecular formula is C10H13F2NO2. The Labute approximate surface area is 86.5 Å². The maximum absolute atomic E-state index is 13.3. The van der Waals surface area contributed by atoms with Gasteiger partial charge in [-0.25, -0.2) is 8.78 Å². The Morgan fingerprint density at radius 2 is 1.93 bits per heavy atom. The van der Waals surface area contributed by atoms with Crippen molar-refractivity contribution in [2.75, 3.05) is 13.7 Å². The van der Waals surface area contributed by atoms with Gasteiger partial charge in [0, 0.05) is 23.7 Å². The Kier molecular flexibility index (Phi) is 3.99. The highest BCUT2D eigenvalue weighted by Crippen LogP contribution is 2.21. The molecule has 0 amide bonds. The van der Waals surface area contributed by atoms with Gasteiger partial charge in [0.25, 0.3) is 0 Å². The van der Waals surface area contributed by atoms with Gasteiger partial charge >= 0.3 is 0 Å². The summed E-state index contributed by atoms with van der Waals surface area (Å²) >= 11 is 0. The molecule has 1 atom stereocenters. The predicted molar refractivity (Wildman–Crippen MR) is 51.7 cm³/mol. The third kappa shape index (κ3) is 2.87. The second kappa shape index (κ2) is 5.04. The summed E-state index contributed by atoms with van der Waals surface area (Å²) in [5.41, 5.74) is 5.27. The maximum Gasteiger partial charge on any atom is 0.133 e. The molecule has 1 unspecified atom stereocenters. The van der Waals surface area contributed by atoms with E-state index in [9.17, 15) is 8.78 Å². The van der Waals surface area contributed by atoms with Crippen LogP contribution in [0.5, 0.6) is 5.75 Å². The molecule has 0 aliphatic rings. The van der Waals surface area contributed by atoms with Crippen LogP contribution in [-0.2, 0) is 6.42 Å². The number of nitrogens with two attached hydrogens (primary N) is 1. The SMILES string of the molecule is COc1cc(F)c(CC(N)CO)c(F)c1. The van der Waals surface area contributed by atoms with Crippen LogP contribution in [0.1, 0.15) is 5.56 Å². The number of hydrogen-bond donors (Lipinski definition) is 2. The molecule has 84 valence electrons. The summed E-state index contributed by atoms with van der Waals surface area (Å²) in [4.78, 5) is 0. The zero-order valence-corrected chi connectivity index (χ0v) is 8.34. The molecule has 0 spiro atoms. The molecule has 0 saturated heterocycles. The van der Waals surface area contributed by atoms with Crippen molar-refractivity contribution in [1.82, 2.24) is 0 Å². The van der Waals surface area contributed by atoms with E-state index in [4.69, 9.17) is 15.6 Å². The second-order valence-electron chi connectivity index (χ2n) is 3.22. The van der Waals surface area contributed by atoms with Crippen LogP contribution in [0.15, 0.2) is 12.1 Å². The van der Waals surface area contributed by atoms with Crippen LogP contribution in [0.4, 0.5) is 8.78 Å². The minimum Gasteiger partial charge on any atom is -0.497 e. The summed E-state index contributed by atoms with van der Waals surface area (Å²) in [6, 6.07) is 1.51. The molecule has 0 aromatic heterocycles. The summed E-state index contributed by atoms with van der Waals surface area (Å²) in [6.45, 7) is -0.315. The molecule has 0 aliphatic heterocycles. The quantitative estimate of drug-likeness (QED) is 0.785. The monoisotopic (exact) mass is 217 g/mol. The number of aliphatic hydroxyl groups excluding tert-OH is 1. The van der Waals surface area contributed by atoms with E-state index in [2.05, 4.69) is 0 Å². The third-order valence-corrected chi connectivity index (χ3v) is 2.05. The number of benzene rings is 1. The Bertz CT molecular complexity index is 321. The minimum atomic E-state index is -0.712. The lowest BCUT2D eigenvalue weighted by Gasteiger charge is -2.11. The highest BCUT2D eigenvalue weighted by Gasteiger charge is 2.14. The molecule has 0 aliphatic carbocycles. The molecule has 0 fully saturated rings.